The highest BCUT2D eigenvalue weighted by molar-refractivity contribution is 7.03. The summed E-state index contributed by atoms with van der Waals surface area (Å²) in [6.45, 7) is 13.1. The molecule has 5 nitrogen and oxygen atoms in total. The molecule has 2 aliphatic heterocycles. The first-order chi connectivity index (χ1) is 48.4. The molecule has 470 valence electrons. The van der Waals surface area contributed by atoms with Crippen molar-refractivity contribution in [3.8, 4) is 84.0 Å². The molecule has 16 aromatic rings. The quantitative estimate of drug-likeness (QED) is 0.135. The molecule has 99 heavy (non-hydrogen) atoms. The SMILES string of the molecule is CC(C)(C)c1ccc(-c2cc3c(c4oc5ccccc5c24)B2c4c(cc(-c5cccc(C#N)c5)cc4N(c4c(-c5ccccc5)cccc4-c4ccccc4)c4cc(-c5ccc(C(C)(C)C)cc5)c5c(oc6ccccc65)c42)N3c2c(-c3ccccc3)cccc2-c2ccccc2)cc1. The Labute approximate surface area is 577 Å². The molecule has 6 heteroatoms. The van der Waals surface area contributed by atoms with E-state index in [1.54, 1.807) is 0 Å². The van der Waals surface area contributed by atoms with Gasteiger partial charge in [-0.05, 0) is 143 Å². The zero-order valence-corrected chi connectivity index (χ0v) is 56.1. The number of para-hydroxylation sites is 4. The standard InChI is InChI=1S/C93H68BN3O2/c1-92(2,3)67-48-44-63(45-49-67)75-55-79-86(90-83(75)73-36-19-21-42-81(73)98-90)94-85-77(96(79)88-69(59-27-11-7-12-28-59)38-24-39-70(88)60-29-13-8-14-30-60)53-66(65-35-23-26-58(52-65)57-95)54-78(85)97(89-71(61-31-15-9-16-32-61)40-25-41-72(89)62-33-17-10-18-34-62)80-56-76(64-46-50-68(51-47-64)93(4,5)6)84-74-37-20-22-43-82(74)99-91(84)87(80)94/h7-56H,1-6H3. The van der Waals surface area contributed by atoms with E-state index >= 15 is 0 Å². The van der Waals surface area contributed by atoms with E-state index in [9.17, 15) is 5.26 Å². The third-order valence-corrected chi connectivity index (χ3v) is 20.6. The third-order valence-electron chi connectivity index (χ3n) is 20.6. The van der Waals surface area contributed by atoms with Crippen molar-refractivity contribution < 1.29 is 8.83 Å². The molecule has 0 fully saturated rings. The first-order valence-corrected chi connectivity index (χ1v) is 34.3. The Kier molecular flexibility index (Phi) is 13.8. The van der Waals surface area contributed by atoms with E-state index in [4.69, 9.17) is 8.83 Å². The summed E-state index contributed by atoms with van der Waals surface area (Å²) < 4.78 is 15.6. The monoisotopic (exact) mass is 1270 g/mol. The molecule has 18 rings (SSSR count). The molecule has 0 atom stereocenters. The normalized spacial score (nSPS) is 12.7. The van der Waals surface area contributed by atoms with Crippen LogP contribution in [0.3, 0.4) is 0 Å². The van der Waals surface area contributed by atoms with Crippen molar-refractivity contribution in [3.05, 3.63) is 320 Å². The molecule has 0 amide bonds. The van der Waals surface area contributed by atoms with Crippen LogP contribution in [-0.2, 0) is 10.8 Å². The second-order valence-electron chi connectivity index (χ2n) is 28.6. The van der Waals surface area contributed by atoms with Gasteiger partial charge in [0.05, 0.1) is 23.0 Å². The van der Waals surface area contributed by atoms with Gasteiger partial charge < -0.3 is 18.6 Å². The Balaban J connectivity index is 1.10. The minimum atomic E-state index is -0.541. The van der Waals surface area contributed by atoms with E-state index in [-0.39, 0.29) is 10.8 Å². The summed E-state index contributed by atoms with van der Waals surface area (Å²) in [5.41, 5.74) is 29.9. The summed E-state index contributed by atoms with van der Waals surface area (Å²) in [4.78, 5) is 5.19. The molecule has 0 aliphatic carbocycles. The van der Waals surface area contributed by atoms with Crippen molar-refractivity contribution >= 4 is 101 Å². The van der Waals surface area contributed by atoms with Crippen molar-refractivity contribution in [2.75, 3.05) is 9.80 Å². The number of rotatable bonds is 9. The van der Waals surface area contributed by atoms with E-state index < -0.39 is 6.71 Å². The first-order valence-electron chi connectivity index (χ1n) is 34.3. The minimum Gasteiger partial charge on any atom is -0.456 e. The lowest BCUT2D eigenvalue weighted by Crippen LogP contribution is -2.62. The molecule has 0 saturated carbocycles. The second-order valence-corrected chi connectivity index (χ2v) is 28.6. The number of furan rings is 2. The number of nitrogens with zero attached hydrogens (tertiary/aromatic N) is 3. The van der Waals surface area contributed by atoms with Crippen LogP contribution in [-0.4, -0.2) is 6.71 Å². The Morgan fingerprint density at radius 1 is 0.303 bits per heavy atom. The lowest BCUT2D eigenvalue weighted by atomic mass is 9.33. The van der Waals surface area contributed by atoms with E-state index in [0.717, 1.165) is 172 Å². The van der Waals surface area contributed by atoms with Crippen molar-refractivity contribution in [2.45, 2.75) is 52.4 Å². The van der Waals surface area contributed by atoms with Gasteiger partial charge in [-0.15, -0.1) is 0 Å². The lowest BCUT2D eigenvalue weighted by Gasteiger charge is -2.46. The van der Waals surface area contributed by atoms with Crippen LogP contribution < -0.4 is 26.2 Å². The maximum atomic E-state index is 10.8. The highest BCUT2D eigenvalue weighted by atomic mass is 16.3. The lowest BCUT2D eigenvalue weighted by molar-refractivity contribution is 0.590. The number of fused-ring (bicyclic) bond motifs is 12. The molecule has 0 radical (unpaired) electrons. The van der Waals surface area contributed by atoms with Gasteiger partial charge >= 0.3 is 0 Å². The second kappa shape index (κ2) is 23.0. The zero-order valence-electron chi connectivity index (χ0n) is 56.1. The minimum absolute atomic E-state index is 0.0762. The maximum Gasteiger partial charge on any atom is 0.261 e. The first kappa shape index (κ1) is 59.3. The summed E-state index contributed by atoms with van der Waals surface area (Å²) in [6, 6.07) is 113. The van der Waals surface area contributed by atoms with Gasteiger partial charge in [0.2, 0.25) is 0 Å². The van der Waals surface area contributed by atoms with Crippen LogP contribution in [0, 0.1) is 11.3 Å². The largest absolute Gasteiger partial charge is 0.456 e. The van der Waals surface area contributed by atoms with Crippen LogP contribution in [0.4, 0.5) is 34.1 Å². The molecule has 0 saturated heterocycles. The third kappa shape index (κ3) is 9.67. The topological polar surface area (TPSA) is 56.6 Å². The van der Waals surface area contributed by atoms with Crippen LogP contribution in [0.2, 0.25) is 0 Å². The Bertz CT molecular complexity index is 5480. The smallest absolute Gasteiger partial charge is 0.261 e. The van der Waals surface area contributed by atoms with Gasteiger partial charge in [-0.2, -0.15) is 5.26 Å². The van der Waals surface area contributed by atoms with E-state index in [2.05, 4.69) is 343 Å². The van der Waals surface area contributed by atoms with Crippen molar-refractivity contribution in [2.24, 2.45) is 0 Å². The van der Waals surface area contributed by atoms with Crippen molar-refractivity contribution in [1.82, 2.24) is 0 Å². The highest BCUT2D eigenvalue weighted by Gasteiger charge is 2.49. The van der Waals surface area contributed by atoms with Crippen LogP contribution in [0.25, 0.3) is 122 Å². The Morgan fingerprint density at radius 2 is 0.636 bits per heavy atom. The van der Waals surface area contributed by atoms with E-state index in [1.165, 1.54) is 11.1 Å². The molecule has 0 bridgehead atoms. The number of hydrogen-bond donors (Lipinski definition) is 0. The number of hydrogen-bond acceptors (Lipinski definition) is 5. The van der Waals surface area contributed by atoms with Crippen LogP contribution in [0.1, 0.15) is 58.2 Å². The summed E-state index contributed by atoms with van der Waals surface area (Å²) in [6.07, 6.45) is 0. The van der Waals surface area contributed by atoms with E-state index in [0.29, 0.717) is 5.56 Å². The molecule has 0 N–H and O–H groups in total. The van der Waals surface area contributed by atoms with Crippen LogP contribution in [0.5, 0.6) is 0 Å². The molecule has 0 spiro atoms. The summed E-state index contributed by atoms with van der Waals surface area (Å²) in [5, 5.41) is 15.0. The fourth-order valence-corrected chi connectivity index (χ4v) is 15.9. The van der Waals surface area contributed by atoms with Gasteiger partial charge in [0, 0.05) is 66.5 Å². The van der Waals surface area contributed by atoms with Gasteiger partial charge in [0.15, 0.2) is 0 Å². The number of benzene rings is 14. The summed E-state index contributed by atoms with van der Waals surface area (Å²) in [7, 11) is 0. The molecule has 2 aliphatic rings. The van der Waals surface area contributed by atoms with Crippen LogP contribution >= 0.6 is 0 Å². The molecule has 2 aromatic heterocycles. The fraction of sp³-hybridized carbons (Fsp3) is 0.0860. The molecule has 0 unspecified atom stereocenters. The molecule has 4 heterocycles. The van der Waals surface area contributed by atoms with Gasteiger partial charge in [0.1, 0.15) is 22.3 Å². The van der Waals surface area contributed by atoms with Crippen molar-refractivity contribution in [1.29, 1.82) is 5.26 Å². The average molecular weight is 1270 g/mol. The van der Waals surface area contributed by atoms with Gasteiger partial charge in [-0.1, -0.05) is 296 Å². The summed E-state index contributed by atoms with van der Waals surface area (Å²) >= 11 is 0. The van der Waals surface area contributed by atoms with Gasteiger partial charge in [-0.25, -0.2) is 0 Å². The predicted octanol–water partition coefficient (Wildman–Crippen LogP) is 23.7. The number of anilines is 6. The van der Waals surface area contributed by atoms with Crippen molar-refractivity contribution in [3.63, 3.8) is 0 Å². The Hall–Kier alpha value is -12.2. The maximum absolute atomic E-state index is 10.8. The predicted molar refractivity (Wildman–Crippen MR) is 415 cm³/mol. The average Bonchev–Trinajstić information content (AvgIpc) is 1.47. The summed E-state index contributed by atoms with van der Waals surface area (Å²) in [5.74, 6) is 0. The number of nitriles is 1. The van der Waals surface area contributed by atoms with Gasteiger partial charge in [0.25, 0.3) is 6.71 Å². The zero-order chi connectivity index (χ0) is 66.8. The Morgan fingerprint density at radius 3 is 1.01 bits per heavy atom. The molecular formula is C93H68BN3O2. The molecule has 14 aromatic carbocycles. The highest BCUT2D eigenvalue weighted by Crippen LogP contribution is 2.57. The fourth-order valence-electron chi connectivity index (χ4n) is 15.9. The molecular weight excluding hydrogens is 1200 g/mol. The van der Waals surface area contributed by atoms with E-state index in [1.807, 2.05) is 18.2 Å². The van der Waals surface area contributed by atoms with Crippen LogP contribution in [0.15, 0.2) is 312 Å². The van der Waals surface area contributed by atoms with Gasteiger partial charge in [-0.3, -0.25) is 0 Å².